The first-order valence-corrected chi connectivity index (χ1v) is 10.9. The molecule has 0 radical (unpaired) electrons. The van der Waals surface area contributed by atoms with Crippen molar-refractivity contribution in [3.05, 3.63) is 75.8 Å². The van der Waals surface area contributed by atoms with Crippen LogP contribution in [0.2, 0.25) is 0 Å². The number of benzene rings is 2. The number of nitrogens with zero attached hydrogens (tertiary/aromatic N) is 3. The third-order valence-corrected chi connectivity index (χ3v) is 6.64. The first kappa shape index (κ1) is 19.8. The van der Waals surface area contributed by atoms with E-state index in [9.17, 15) is 14.7 Å². The molecule has 2 aromatic carbocycles. The van der Waals surface area contributed by atoms with Crippen molar-refractivity contribution in [1.82, 2.24) is 14.5 Å². The molecule has 1 aromatic heterocycles. The van der Waals surface area contributed by atoms with E-state index in [1.54, 1.807) is 9.47 Å². The molecule has 1 amide bonds. The maximum atomic E-state index is 12.9. The normalized spacial score (nSPS) is 15.1. The molecule has 2 heterocycles. The number of carboxylic acid groups (broad SMARTS) is 1. The van der Waals surface area contributed by atoms with Crippen LogP contribution in [0.15, 0.2) is 53.3 Å². The second-order valence-corrected chi connectivity index (χ2v) is 8.38. The Labute approximate surface area is 187 Å². The van der Waals surface area contributed by atoms with Gasteiger partial charge in [0.1, 0.15) is 6.61 Å². The van der Waals surface area contributed by atoms with Crippen LogP contribution in [0.4, 0.5) is 4.79 Å². The predicted octanol–water partition coefficient (Wildman–Crippen LogP) is 4.15. The fourth-order valence-electron chi connectivity index (χ4n) is 4.55. The van der Waals surface area contributed by atoms with Gasteiger partial charge in [-0.3, -0.25) is 0 Å². The van der Waals surface area contributed by atoms with Crippen molar-refractivity contribution in [2.75, 3.05) is 19.7 Å². The fraction of sp³-hybridized carbons (Fsp3) is 0.261. The molecule has 0 fully saturated rings. The quantitative estimate of drug-likeness (QED) is 0.607. The molecule has 0 bridgehead atoms. The molecule has 1 aliphatic heterocycles. The number of hydrogen-bond acceptors (Lipinski definition) is 4. The number of imidazole rings is 1. The number of carbonyl (C=O) groups is 2. The number of halogens is 1. The second kappa shape index (κ2) is 7.85. The lowest BCUT2D eigenvalue weighted by Gasteiger charge is -2.21. The summed E-state index contributed by atoms with van der Waals surface area (Å²) in [6.45, 7) is 1.54. The monoisotopic (exact) mass is 481 g/mol. The number of carbonyl (C=O) groups excluding carboxylic acids is 1. The van der Waals surface area contributed by atoms with Crippen molar-refractivity contribution in [3.8, 4) is 11.1 Å². The maximum Gasteiger partial charge on any atom is 0.409 e. The van der Waals surface area contributed by atoms with Crippen LogP contribution in [0.5, 0.6) is 0 Å². The lowest BCUT2D eigenvalue weighted by Crippen LogP contribution is -2.35. The first-order valence-electron chi connectivity index (χ1n) is 10.1. The van der Waals surface area contributed by atoms with Crippen molar-refractivity contribution in [2.45, 2.75) is 18.9 Å². The maximum absolute atomic E-state index is 12.9. The van der Waals surface area contributed by atoms with Gasteiger partial charge in [-0.1, -0.05) is 48.5 Å². The third-order valence-electron chi connectivity index (χ3n) is 6.03. The lowest BCUT2D eigenvalue weighted by molar-refractivity contribution is 0.0689. The molecule has 5 rings (SSSR count). The smallest absolute Gasteiger partial charge is 0.409 e. The molecule has 1 N–H and O–H groups in total. The number of hydrogen-bond donors (Lipinski definition) is 1. The number of ether oxygens (including phenoxy) is 1. The zero-order chi connectivity index (χ0) is 21.5. The van der Waals surface area contributed by atoms with Gasteiger partial charge < -0.3 is 19.3 Å². The van der Waals surface area contributed by atoms with Crippen LogP contribution in [-0.4, -0.2) is 51.3 Å². The van der Waals surface area contributed by atoms with Gasteiger partial charge >= 0.3 is 12.1 Å². The number of aromatic carboxylic acids is 1. The molecule has 0 unspecified atom stereocenters. The Hall–Kier alpha value is -3.13. The molecule has 2 aliphatic rings. The second-order valence-electron chi connectivity index (χ2n) is 7.67. The summed E-state index contributed by atoms with van der Waals surface area (Å²) in [6.07, 6.45) is 0.0262. The summed E-state index contributed by atoms with van der Waals surface area (Å²) in [4.78, 5) is 30.0. The molecule has 158 valence electrons. The van der Waals surface area contributed by atoms with Crippen LogP contribution in [0.3, 0.4) is 0 Å². The van der Waals surface area contributed by atoms with Gasteiger partial charge in [-0.05, 0) is 38.2 Å². The molecule has 7 nitrogen and oxygen atoms in total. The van der Waals surface area contributed by atoms with Gasteiger partial charge in [0, 0.05) is 32.0 Å². The van der Waals surface area contributed by atoms with Crippen molar-refractivity contribution in [3.63, 3.8) is 0 Å². The Kier molecular flexibility index (Phi) is 5.02. The summed E-state index contributed by atoms with van der Waals surface area (Å²) in [5.74, 6) is -1.06. The number of carboxylic acids is 1. The summed E-state index contributed by atoms with van der Waals surface area (Å²) in [6, 6.07) is 16.4. The zero-order valence-electron chi connectivity index (χ0n) is 16.6. The average Bonchev–Trinajstić information content (AvgIpc) is 3.16. The molecule has 8 heteroatoms. The van der Waals surface area contributed by atoms with Crippen molar-refractivity contribution >= 4 is 28.0 Å². The number of amides is 1. The molecule has 0 saturated carbocycles. The summed E-state index contributed by atoms with van der Waals surface area (Å²) in [7, 11) is 0. The highest BCUT2D eigenvalue weighted by Gasteiger charge is 2.31. The van der Waals surface area contributed by atoms with E-state index in [4.69, 9.17) is 4.74 Å². The summed E-state index contributed by atoms with van der Waals surface area (Å²) < 4.78 is 8.02. The topological polar surface area (TPSA) is 84.7 Å². The average molecular weight is 482 g/mol. The largest absolute Gasteiger partial charge is 0.476 e. The number of fused-ring (bicyclic) bond motifs is 4. The Morgan fingerprint density at radius 3 is 2.32 bits per heavy atom. The van der Waals surface area contributed by atoms with Crippen molar-refractivity contribution in [1.29, 1.82) is 0 Å². The predicted molar refractivity (Wildman–Crippen MR) is 117 cm³/mol. The fourth-order valence-corrected chi connectivity index (χ4v) is 5.12. The number of rotatable bonds is 3. The van der Waals surface area contributed by atoms with E-state index in [2.05, 4.69) is 45.2 Å². The van der Waals surface area contributed by atoms with Gasteiger partial charge in [0.15, 0.2) is 10.4 Å². The lowest BCUT2D eigenvalue weighted by atomic mass is 9.98. The molecular formula is C23H20BrN3O4. The molecule has 0 spiro atoms. The van der Waals surface area contributed by atoms with Gasteiger partial charge in [-0.15, -0.1) is 0 Å². The molecule has 3 aromatic rings. The van der Waals surface area contributed by atoms with Gasteiger partial charge in [0.25, 0.3) is 0 Å². The summed E-state index contributed by atoms with van der Waals surface area (Å²) >= 11 is 3.32. The van der Waals surface area contributed by atoms with Crippen LogP contribution >= 0.6 is 15.9 Å². The van der Waals surface area contributed by atoms with Crippen molar-refractivity contribution < 1.29 is 19.4 Å². The van der Waals surface area contributed by atoms with Gasteiger partial charge in [-0.2, -0.15) is 0 Å². The van der Waals surface area contributed by atoms with Crippen LogP contribution in [-0.2, 0) is 17.7 Å². The SMILES string of the molecule is O=C(O)c1nc(Br)n2c1CCN(C(=O)OCC1c3ccccc3-c3ccccc31)CC2. The van der Waals surface area contributed by atoms with Crippen LogP contribution in [0.1, 0.15) is 33.2 Å². The van der Waals surface area contributed by atoms with Crippen LogP contribution in [0.25, 0.3) is 11.1 Å². The highest BCUT2D eigenvalue weighted by atomic mass is 79.9. The molecule has 0 saturated heterocycles. The van der Waals surface area contributed by atoms with Crippen LogP contribution in [0, 0.1) is 0 Å². The van der Waals surface area contributed by atoms with Gasteiger partial charge in [-0.25, -0.2) is 14.6 Å². The molecular weight excluding hydrogens is 462 g/mol. The van der Waals surface area contributed by atoms with E-state index in [0.717, 1.165) is 0 Å². The highest BCUT2D eigenvalue weighted by Crippen LogP contribution is 2.44. The van der Waals surface area contributed by atoms with E-state index >= 15 is 0 Å². The zero-order valence-corrected chi connectivity index (χ0v) is 18.2. The minimum atomic E-state index is -1.07. The Balaban J connectivity index is 1.30. The Bertz CT molecular complexity index is 1140. The first-order chi connectivity index (χ1) is 15.0. The summed E-state index contributed by atoms with van der Waals surface area (Å²) in [5.41, 5.74) is 5.36. The van der Waals surface area contributed by atoms with Crippen LogP contribution < -0.4 is 0 Å². The van der Waals surface area contributed by atoms with Gasteiger partial charge in [0.2, 0.25) is 0 Å². The standard InChI is InChI=1S/C23H20BrN3O4/c24-22-25-20(21(28)29)19-9-10-26(11-12-27(19)22)23(30)31-13-18-16-7-3-1-5-14(16)15-6-2-4-8-17(15)18/h1-8,18H,9-13H2,(H,28,29). The van der Waals surface area contributed by atoms with E-state index in [1.807, 2.05) is 24.3 Å². The molecule has 0 atom stereocenters. The Morgan fingerprint density at radius 1 is 1.03 bits per heavy atom. The summed E-state index contributed by atoms with van der Waals surface area (Å²) in [5, 5.41) is 9.38. The van der Waals surface area contributed by atoms with Gasteiger partial charge in [0.05, 0.1) is 5.69 Å². The highest BCUT2D eigenvalue weighted by molar-refractivity contribution is 9.10. The minimum Gasteiger partial charge on any atom is -0.476 e. The van der Waals surface area contributed by atoms with E-state index in [1.165, 1.54) is 22.3 Å². The molecule has 31 heavy (non-hydrogen) atoms. The van der Waals surface area contributed by atoms with E-state index < -0.39 is 5.97 Å². The molecule has 1 aliphatic carbocycles. The van der Waals surface area contributed by atoms with E-state index in [-0.39, 0.29) is 24.3 Å². The Morgan fingerprint density at radius 2 is 1.68 bits per heavy atom. The van der Waals surface area contributed by atoms with Crippen molar-refractivity contribution in [2.24, 2.45) is 0 Å². The minimum absolute atomic E-state index is 0.00839. The van der Waals surface area contributed by atoms with E-state index in [0.29, 0.717) is 36.5 Å². The number of aromatic nitrogens is 2. The third kappa shape index (κ3) is 3.40.